The number of hydrogen-bond donors (Lipinski definition) is 1. The molecule has 2 aromatic carbocycles. The Labute approximate surface area is 103 Å². The SMILES string of the molecule is c1ccc2[nH]c(-c3ccc4ocnc4c3)cc2c1. The summed E-state index contributed by atoms with van der Waals surface area (Å²) < 4.78 is 5.25. The van der Waals surface area contributed by atoms with Gasteiger partial charge in [-0.2, -0.15) is 0 Å². The molecule has 18 heavy (non-hydrogen) atoms. The number of para-hydroxylation sites is 1. The Morgan fingerprint density at radius 3 is 2.89 bits per heavy atom. The largest absolute Gasteiger partial charge is 0.443 e. The molecule has 0 radical (unpaired) electrons. The third kappa shape index (κ3) is 1.34. The van der Waals surface area contributed by atoms with Gasteiger partial charge in [0, 0.05) is 22.2 Å². The van der Waals surface area contributed by atoms with E-state index in [4.69, 9.17) is 4.42 Å². The van der Waals surface area contributed by atoms with Gasteiger partial charge in [0.15, 0.2) is 12.0 Å². The molecule has 4 aromatic rings. The molecular formula is C15H10N2O. The zero-order valence-corrected chi connectivity index (χ0v) is 9.55. The minimum atomic E-state index is 0.815. The van der Waals surface area contributed by atoms with E-state index in [9.17, 15) is 0 Å². The van der Waals surface area contributed by atoms with Gasteiger partial charge in [-0.05, 0) is 30.3 Å². The first kappa shape index (κ1) is 9.48. The lowest BCUT2D eigenvalue weighted by atomic mass is 10.1. The number of rotatable bonds is 1. The zero-order chi connectivity index (χ0) is 11.9. The molecule has 0 amide bonds. The number of nitrogens with one attached hydrogen (secondary N) is 1. The molecule has 0 saturated heterocycles. The predicted molar refractivity (Wildman–Crippen MR) is 71.3 cm³/mol. The van der Waals surface area contributed by atoms with Crippen molar-refractivity contribution in [3.8, 4) is 11.3 Å². The Hall–Kier alpha value is -2.55. The van der Waals surface area contributed by atoms with E-state index < -0.39 is 0 Å². The number of aromatic nitrogens is 2. The van der Waals surface area contributed by atoms with Crippen LogP contribution in [0.3, 0.4) is 0 Å². The first-order valence-corrected chi connectivity index (χ1v) is 5.81. The van der Waals surface area contributed by atoms with Crippen LogP contribution in [0.25, 0.3) is 33.3 Å². The van der Waals surface area contributed by atoms with E-state index in [0.717, 1.165) is 27.9 Å². The van der Waals surface area contributed by atoms with Crippen LogP contribution in [0.1, 0.15) is 0 Å². The summed E-state index contributed by atoms with van der Waals surface area (Å²) in [4.78, 5) is 7.59. The predicted octanol–water partition coefficient (Wildman–Crippen LogP) is 3.98. The maximum absolute atomic E-state index is 5.25. The number of aromatic amines is 1. The van der Waals surface area contributed by atoms with Gasteiger partial charge in [0.2, 0.25) is 0 Å². The highest BCUT2D eigenvalue weighted by molar-refractivity contribution is 5.87. The second-order valence-electron chi connectivity index (χ2n) is 4.31. The fraction of sp³-hybridized carbons (Fsp3) is 0. The third-order valence-electron chi connectivity index (χ3n) is 3.17. The standard InChI is InChI=1S/C15H10N2O/c1-2-4-12-10(3-1)7-13(17-12)11-5-6-15-14(8-11)16-9-18-15/h1-9,17H. The summed E-state index contributed by atoms with van der Waals surface area (Å²) in [6.45, 7) is 0. The first-order chi connectivity index (χ1) is 8.90. The highest BCUT2D eigenvalue weighted by Crippen LogP contribution is 2.26. The maximum atomic E-state index is 5.25. The van der Waals surface area contributed by atoms with Crippen molar-refractivity contribution in [1.29, 1.82) is 0 Å². The van der Waals surface area contributed by atoms with Crippen LogP contribution in [-0.2, 0) is 0 Å². The van der Waals surface area contributed by atoms with Crippen LogP contribution in [-0.4, -0.2) is 9.97 Å². The lowest BCUT2D eigenvalue weighted by molar-refractivity contribution is 0.602. The van der Waals surface area contributed by atoms with Gasteiger partial charge < -0.3 is 9.40 Å². The van der Waals surface area contributed by atoms with Crippen LogP contribution in [0.15, 0.2) is 59.3 Å². The van der Waals surface area contributed by atoms with Gasteiger partial charge >= 0.3 is 0 Å². The molecule has 86 valence electrons. The second-order valence-corrected chi connectivity index (χ2v) is 4.31. The fourth-order valence-electron chi connectivity index (χ4n) is 2.25. The molecule has 2 heterocycles. The normalized spacial score (nSPS) is 11.3. The average molecular weight is 234 g/mol. The topological polar surface area (TPSA) is 41.8 Å². The van der Waals surface area contributed by atoms with Crippen LogP contribution in [0.2, 0.25) is 0 Å². The van der Waals surface area contributed by atoms with Crippen LogP contribution in [0, 0.1) is 0 Å². The Morgan fingerprint density at radius 2 is 1.94 bits per heavy atom. The Balaban J connectivity index is 1.94. The molecular weight excluding hydrogens is 224 g/mol. The van der Waals surface area contributed by atoms with Crippen LogP contribution < -0.4 is 0 Å². The van der Waals surface area contributed by atoms with Crippen LogP contribution in [0.5, 0.6) is 0 Å². The third-order valence-corrected chi connectivity index (χ3v) is 3.17. The lowest BCUT2D eigenvalue weighted by Gasteiger charge is -1.96. The molecule has 0 saturated carbocycles. The minimum absolute atomic E-state index is 0.815. The summed E-state index contributed by atoms with van der Waals surface area (Å²) in [6, 6.07) is 16.4. The van der Waals surface area contributed by atoms with Gasteiger partial charge in [0.25, 0.3) is 0 Å². The molecule has 0 unspecified atom stereocenters. The highest BCUT2D eigenvalue weighted by atomic mass is 16.3. The molecule has 3 nitrogen and oxygen atoms in total. The molecule has 2 aromatic heterocycles. The van der Waals surface area contributed by atoms with Gasteiger partial charge in [0.05, 0.1) is 0 Å². The van der Waals surface area contributed by atoms with E-state index >= 15 is 0 Å². The smallest absolute Gasteiger partial charge is 0.181 e. The molecule has 0 aliphatic heterocycles. The monoisotopic (exact) mass is 234 g/mol. The molecule has 0 aliphatic rings. The summed E-state index contributed by atoms with van der Waals surface area (Å²) in [5.41, 5.74) is 5.06. The van der Waals surface area contributed by atoms with Gasteiger partial charge in [0.1, 0.15) is 5.52 Å². The van der Waals surface area contributed by atoms with E-state index in [-0.39, 0.29) is 0 Å². The average Bonchev–Trinajstić information content (AvgIpc) is 3.04. The second kappa shape index (κ2) is 3.47. The molecule has 0 fully saturated rings. The maximum Gasteiger partial charge on any atom is 0.181 e. The van der Waals surface area contributed by atoms with Crippen molar-refractivity contribution in [3.05, 3.63) is 54.9 Å². The Bertz CT molecular complexity index is 809. The molecule has 0 bridgehead atoms. The van der Waals surface area contributed by atoms with Gasteiger partial charge in [-0.25, -0.2) is 4.98 Å². The molecule has 0 atom stereocenters. The van der Waals surface area contributed by atoms with Gasteiger partial charge in [-0.15, -0.1) is 0 Å². The summed E-state index contributed by atoms with van der Waals surface area (Å²) in [5, 5.41) is 1.22. The van der Waals surface area contributed by atoms with E-state index in [2.05, 4.69) is 28.2 Å². The van der Waals surface area contributed by atoms with Crippen molar-refractivity contribution in [3.63, 3.8) is 0 Å². The number of oxazole rings is 1. The van der Waals surface area contributed by atoms with E-state index in [1.165, 1.54) is 11.8 Å². The number of nitrogens with zero attached hydrogens (tertiary/aromatic N) is 1. The van der Waals surface area contributed by atoms with Crippen molar-refractivity contribution < 1.29 is 4.42 Å². The summed E-state index contributed by atoms with van der Waals surface area (Å²) in [6.07, 6.45) is 1.47. The number of benzene rings is 2. The zero-order valence-electron chi connectivity index (χ0n) is 9.55. The molecule has 3 heteroatoms. The summed E-state index contributed by atoms with van der Waals surface area (Å²) >= 11 is 0. The fourth-order valence-corrected chi connectivity index (χ4v) is 2.25. The number of hydrogen-bond acceptors (Lipinski definition) is 2. The van der Waals surface area contributed by atoms with E-state index in [1.54, 1.807) is 0 Å². The number of H-pyrrole nitrogens is 1. The van der Waals surface area contributed by atoms with Crippen molar-refractivity contribution in [2.75, 3.05) is 0 Å². The van der Waals surface area contributed by atoms with E-state index in [1.807, 2.05) is 30.3 Å². The van der Waals surface area contributed by atoms with Crippen molar-refractivity contribution in [1.82, 2.24) is 9.97 Å². The van der Waals surface area contributed by atoms with Crippen LogP contribution in [0.4, 0.5) is 0 Å². The molecule has 4 rings (SSSR count). The van der Waals surface area contributed by atoms with Gasteiger partial charge in [-0.3, -0.25) is 0 Å². The Morgan fingerprint density at radius 1 is 1.00 bits per heavy atom. The Kier molecular flexibility index (Phi) is 1.83. The highest BCUT2D eigenvalue weighted by Gasteiger charge is 2.05. The van der Waals surface area contributed by atoms with Crippen molar-refractivity contribution >= 4 is 22.0 Å². The quantitative estimate of drug-likeness (QED) is 0.541. The molecule has 1 N–H and O–H groups in total. The number of fused-ring (bicyclic) bond motifs is 2. The van der Waals surface area contributed by atoms with Crippen molar-refractivity contribution in [2.24, 2.45) is 0 Å². The first-order valence-electron chi connectivity index (χ1n) is 5.81. The van der Waals surface area contributed by atoms with Crippen LogP contribution >= 0.6 is 0 Å². The lowest BCUT2D eigenvalue weighted by Crippen LogP contribution is -1.77. The molecule has 0 spiro atoms. The minimum Gasteiger partial charge on any atom is -0.443 e. The van der Waals surface area contributed by atoms with Gasteiger partial charge in [-0.1, -0.05) is 18.2 Å². The molecule has 0 aliphatic carbocycles. The van der Waals surface area contributed by atoms with E-state index in [0.29, 0.717) is 0 Å². The summed E-state index contributed by atoms with van der Waals surface area (Å²) in [7, 11) is 0. The summed E-state index contributed by atoms with van der Waals surface area (Å²) in [5.74, 6) is 0. The van der Waals surface area contributed by atoms with Crippen molar-refractivity contribution in [2.45, 2.75) is 0 Å².